The number of carbonyl (C=O) groups is 1. The Morgan fingerprint density at radius 3 is 2.16 bits per heavy atom. The number of fused-ring (bicyclic) bond motifs is 1. The number of carbonyl (C=O) groups excluding carboxylic acids is 1. The van der Waals surface area contributed by atoms with Gasteiger partial charge >= 0.3 is 5.69 Å². The highest BCUT2D eigenvalue weighted by atomic mass is 16.2. The van der Waals surface area contributed by atoms with E-state index in [2.05, 4.69) is 41.4 Å². The van der Waals surface area contributed by atoms with Gasteiger partial charge in [0.2, 0.25) is 5.91 Å². The largest absolute Gasteiger partial charge is 0.352 e. The zero-order valence-electron chi connectivity index (χ0n) is 18.3. The molecule has 3 aromatic rings. The van der Waals surface area contributed by atoms with Crippen LogP contribution in [0.2, 0.25) is 0 Å². The van der Waals surface area contributed by atoms with Crippen LogP contribution in [0.15, 0.2) is 53.3 Å². The summed E-state index contributed by atoms with van der Waals surface area (Å²) in [5, 5.41) is 2.99. The Kier molecular flexibility index (Phi) is 6.87. The summed E-state index contributed by atoms with van der Waals surface area (Å²) in [7, 11) is 0. The average molecular weight is 421 g/mol. The number of hydrogen-bond acceptors (Lipinski definition) is 3. The normalized spacial score (nSPS) is 14.4. The maximum absolute atomic E-state index is 12.8. The molecule has 31 heavy (non-hydrogen) atoms. The molecule has 0 radical (unpaired) electrons. The first-order valence-corrected chi connectivity index (χ1v) is 11.4. The fourth-order valence-electron chi connectivity index (χ4n) is 4.39. The van der Waals surface area contributed by atoms with E-state index in [4.69, 9.17) is 0 Å². The molecule has 1 N–H and O–H groups in total. The Labute approximate surface area is 183 Å². The summed E-state index contributed by atoms with van der Waals surface area (Å²) in [5.74, 6) is -0.0413. The van der Waals surface area contributed by atoms with Gasteiger partial charge in [0, 0.05) is 32.6 Å². The van der Waals surface area contributed by atoms with E-state index in [-0.39, 0.29) is 18.0 Å². The van der Waals surface area contributed by atoms with Gasteiger partial charge in [0.05, 0.1) is 11.0 Å². The minimum absolute atomic E-state index is 0.0376. The van der Waals surface area contributed by atoms with Crippen molar-refractivity contribution in [2.75, 3.05) is 13.1 Å². The van der Waals surface area contributed by atoms with Crippen LogP contribution in [-0.4, -0.2) is 33.0 Å². The molecule has 1 aliphatic heterocycles. The van der Waals surface area contributed by atoms with Gasteiger partial charge in [-0.05, 0) is 55.6 Å². The summed E-state index contributed by atoms with van der Waals surface area (Å²) < 4.78 is 3.52. The quantitative estimate of drug-likeness (QED) is 0.576. The minimum atomic E-state index is -0.0413. The molecule has 2 aromatic carbocycles. The third-order valence-corrected chi connectivity index (χ3v) is 6.05. The lowest BCUT2D eigenvalue weighted by atomic mass is 10.1. The number of rotatable bonds is 9. The van der Waals surface area contributed by atoms with Crippen LogP contribution < -0.4 is 11.0 Å². The number of aryl methyl sites for hydroxylation is 2. The Morgan fingerprint density at radius 1 is 0.903 bits per heavy atom. The number of nitrogens with zero attached hydrogens (tertiary/aromatic N) is 3. The first-order chi connectivity index (χ1) is 15.2. The minimum Gasteiger partial charge on any atom is -0.352 e. The van der Waals surface area contributed by atoms with Gasteiger partial charge in [-0.25, -0.2) is 4.79 Å². The highest BCUT2D eigenvalue weighted by molar-refractivity contribution is 5.78. The van der Waals surface area contributed by atoms with Crippen LogP contribution in [-0.2, 0) is 31.0 Å². The molecular weight excluding hydrogens is 388 g/mol. The van der Waals surface area contributed by atoms with Gasteiger partial charge in [-0.1, -0.05) is 43.3 Å². The number of imidazole rings is 1. The van der Waals surface area contributed by atoms with Gasteiger partial charge < -0.3 is 5.32 Å². The molecule has 1 fully saturated rings. The molecule has 0 unspecified atom stereocenters. The third kappa shape index (κ3) is 5.07. The maximum Gasteiger partial charge on any atom is 0.329 e. The lowest BCUT2D eigenvalue weighted by Crippen LogP contribution is -2.28. The van der Waals surface area contributed by atoms with E-state index in [1.165, 1.54) is 31.5 Å². The van der Waals surface area contributed by atoms with Gasteiger partial charge in [-0.3, -0.25) is 18.8 Å². The van der Waals surface area contributed by atoms with Crippen LogP contribution in [0.4, 0.5) is 0 Å². The molecule has 0 spiro atoms. The SMILES string of the molecule is CCCn1c(=O)n(CCC(=O)NCc2ccc(CN3CCCC3)cc2)c2ccccc21. The first kappa shape index (κ1) is 21.4. The highest BCUT2D eigenvalue weighted by Gasteiger charge is 2.14. The number of hydrogen-bond donors (Lipinski definition) is 1. The summed E-state index contributed by atoms with van der Waals surface area (Å²) in [6.07, 6.45) is 3.78. The number of para-hydroxylation sites is 2. The zero-order chi connectivity index (χ0) is 21.6. The Hall–Kier alpha value is -2.86. The van der Waals surface area contributed by atoms with Crippen molar-refractivity contribution in [2.24, 2.45) is 0 Å². The molecule has 2 heterocycles. The number of aromatic nitrogens is 2. The van der Waals surface area contributed by atoms with Gasteiger partial charge in [0.25, 0.3) is 0 Å². The number of benzene rings is 2. The van der Waals surface area contributed by atoms with E-state index in [1.807, 2.05) is 24.3 Å². The standard InChI is InChI=1S/C25H32N4O2/c1-2-14-28-22-7-3-4-8-23(22)29(25(28)31)17-13-24(30)26-18-20-9-11-21(12-10-20)19-27-15-5-6-16-27/h3-4,7-12H,2,5-6,13-19H2,1H3,(H,26,30). The highest BCUT2D eigenvalue weighted by Crippen LogP contribution is 2.15. The molecule has 0 atom stereocenters. The van der Waals surface area contributed by atoms with Crippen molar-refractivity contribution in [3.05, 3.63) is 70.1 Å². The molecule has 6 nitrogen and oxygen atoms in total. The van der Waals surface area contributed by atoms with E-state index in [1.54, 1.807) is 9.13 Å². The zero-order valence-corrected chi connectivity index (χ0v) is 18.3. The molecule has 1 amide bonds. The van der Waals surface area contributed by atoms with E-state index in [0.29, 0.717) is 19.6 Å². The second-order valence-corrected chi connectivity index (χ2v) is 8.40. The lowest BCUT2D eigenvalue weighted by molar-refractivity contribution is -0.121. The van der Waals surface area contributed by atoms with Crippen molar-refractivity contribution in [1.82, 2.24) is 19.4 Å². The van der Waals surface area contributed by atoms with Gasteiger partial charge in [0.15, 0.2) is 0 Å². The predicted molar refractivity (Wildman–Crippen MR) is 124 cm³/mol. The van der Waals surface area contributed by atoms with Gasteiger partial charge in [-0.2, -0.15) is 0 Å². The Balaban J connectivity index is 1.32. The van der Waals surface area contributed by atoms with Crippen LogP contribution in [0.25, 0.3) is 11.0 Å². The second kappa shape index (κ2) is 9.96. The van der Waals surface area contributed by atoms with Crippen molar-refractivity contribution in [1.29, 1.82) is 0 Å². The topological polar surface area (TPSA) is 59.3 Å². The summed E-state index contributed by atoms with van der Waals surface area (Å²) in [6, 6.07) is 16.3. The molecule has 0 aliphatic carbocycles. The average Bonchev–Trinajstić information content (AvgIpc) is 3.39. The fraction of sp³-hybridized carbons (Fsp3) is 0.440. The van der Waals surface area contributed by atoms with Crippen molar-refractivity contribution in [3.8, 4) is 0 Å². The molecule has 4 rings (SSSR count). The van der Waals surface area contributed by atoms with Crippen molar-refractivity contribution in [3.63, 3.8) is 0 Å². The Morgan fingerprint density at radius 2 is 1.52 bits per heavy atom. The van der Waals surface area contributed by atoms with E-state index in [9.17, 15) is 9.59 Å². The summed E-state index contributed by atoms with van der Waals surface area (Å²) >= 11 is 0. The van der Waals surface area contributed by atoms with Crippen molar-refractivity contribution < 1.29 is 4.79 Å². The summed E-state index contributed by atoms with van der Waals surface area (Å²) in [6.45, 7) is 7.03. The van der Waals surface area contributed by atoms with Crippen LogP contribution in [0.3, 0.4) is 0 Å². The number of likely N-dealkylation sites (tertiary alicyclic amines) is 1. The number of nitrogens with one attached hydrogen (secondary N) is 1. The summed E-state index contributed by atoms with van der Waals surface area (Å²) in [5.41, 5.74) is 4.20. The Bertz CT molecular complexity index is 1080. The van der Waals surface area contributed by atoms with E-state index in [0.717, 1.165) is 29.6 Å². The molecule has 1 aromatic heterocycles. The van der Waals surface area contributed by atoms with Gasteiger partial charge in [-0.15, -0.1) is 0 Å². The fourth-order valence-corrected chi connectivity index (χ4v) is 4.39. The van der Waals surface area contributed by atoms with Crippen molar-refractivity contribution >= 4 is 16.9 Å². The van der Waals surface area contributed by atoms with Crippen LogP contribution >= 0.6 is 0 Å². The van der Waals surface area contributed by atoms with Crippen LogP contribution in [0.1, 0.15) is 43.7 Å². The number of amides is 1. The molecule has 0 saturated carbocycles. The molecule has 0 bridgehead atoms. The predicted octanol–water partition coefficient (Wildman–Crippen LogP) is 3.52. The molecule has 164 valence electrons. The monoisotopic (exact) mass is 420 g/mol. The van der Waals surface area contributed by atoms with E-state index >= 15 is 0 Å². The second-order valence-electron chi connectivity index (χ2n) is 8.40. The molecule has 1 saturated heterocycles. The molecular formula is C25H32N4O2. The van der Waals surface area contributed by atoms with Gasteiger partial charge in [0.1, 0.15) is 0 Å². The van der Waals surface area contributed by atoms with Crippen LogP contribution in [0, 0.1) is 0 Å². The smallest absolute Gasteiger partial charge is 0.329 e. The van der Waals surface area contributed by atoms with Crippen molar-refractivity contribution in [2.45, 2.75) is 58.8 Å². The maximum atomic E-state index is 12.8. The molecule has 6 heteroatoms. The first-order valence-electron chi connectivity index (χ1n) is 11.4. The molecule has 1 aliphatic rings. The van der Waals surface area contributed by atoms with E-state index < -0.39 is 0 Å². The summed E-state index contributed by atoms with van der Waals surface area (Å²) in [4.78, 5) is 27.7. The van der Waals surface area contributed by atoms with Crippen LogP contribution in [0.5, 0.6) is 0 Å². The third-order valence-electron chi connectivity index (χ3n) is 6.05. The lowest BCUT2D eigenvalue weighted by Gasteiger charge is -2.14.